The second-order valence-electron chi connectivity index (χ2n) is 4.83. The van der Waals surface area contributed by atoms with Gasteiger partial charge in [-0.25, -0.2) is 4.79 Å². The number of nitrogens with two attached hydrogens (primary N) is 1. The zero-order valence-corrected chi connectivity index (χ0v) is 11.3. The number of amides is 1. The lowest BCUT2D eigenvalue weighted by Gasteiger charge is -2.09. The van der Waals surface area contributed by atoms with Crippen LogP contribution in [-0.2, 0) is 17.8 Å². The molecule has 2 aromatic carbocycles. The summed E-state index contributed by atoms with van der Waals surface area (Å²) in [6, 6.07) is 14.2. The molecule has 0 spiro atoms. The zero-order valence-electron chi connectivity index (χ0n) is 11.3. The van der Waals surface area contributed by atoms with Crippen LogP contribution in [0.2, 0.25) is 0 Å². The molecule has 0 bridgehead atoms. The van der Waals surface area contributed by atoms with Crippen molar-refractivity contribution < 1.29 is 9.53 Å². The Labute approximate surface area is 122 Å². The highest BCUT2D eigenvalue weighted by atomic mass is 16.5. The number of benzene rings is 2. The molecule has 0 unspecified atom stereocenters. The van der Waals surface area contributed by atoms with Crippen LogP contribution in [0.1, 0.15) is 16.7 Å². The van der Waals surface area contributed by atoms with Crippen molar-refractivity contribution in [3.8, 4) is 11.1 Å². The van der Waals surface area contributed by atoms with E-state index in [0.717, 1.165) is 12.0 Å². The third kappa shape index (κ3) is 2.58. The smallest absolute Gasteiger partial charge is 0.437 e. The summed E-state index contributed by atoms with van der Waals surface area (Å²) in [5.74, 6) is -0.550. The van der Waals surface area contributed by atoms with E-state index in [1.807, 2.05) is 24.3 Å². The van der Waals surface area contributed by atoms with Gasteiger partial charge in [-0.05, 0) is 34.2 Å². The van der Waals surface area contributed by atoms with Gasteiger partial charge < -0.3 is 10.5 Å². The normalized spacial score (nSPS) is 11.4. The lowest BCUT2D eigenvalue weighted by Crippen LogP contribution is -2.29. The number of hydrogen-bond donors (Lipinski definition) is 2. The highest BCUT2D eigenvalue weighted by Crippen LogP contribution is 2.38. The highest BCUT2D eigenvalue weighted by Gasteiger charge is 2.20. The van der Waals surface area contributed by atoms with Gasteiger partial charge in [-0.3, -0.25) is 5.41 Å². The second kappa shape index (κ2) is 5.28. The standard InChI is InChI=1S/C16H14N3O2/c17-15(18)19-16(20)21-9-11-5-3-7-13-12-6-2-1-4-10(12)8-14(11)13/h1-7H,8-9H2,(H3,17,18). The van der Waals surface area contributed by atoms with E-state index in [1.165, 1.54) is 22.3 Å². The predicted octanol–water partition coefficient (Wildman–Crippen LogP) is 2.39. The van der Waals surface area contributed by atoms with Crippen LogP contribution in [0.15, 0.2) is 42.5 Å². The molecule has 0 aliphatic heterocycles. The summed E-state index contributed by atoms with van der Waals surface area (Å²) in [5, 5.41) is 10.2. The largest absolute Gasteiger partial charge is 0.443 e. The Balaban J connectivity index is 1.81. The van der Waals surface area contributed by atoms with E-state index >= 15 is 0 Å². The van der Waals surface area contributed by atoms with Crippen LogP contribution in [0.5, 0.6) is 0 Å². The molecule has 5 nitrogen and oxygen atoms in total. The predicted molar refractivity (Wildman–Crippen MR) is 78.9 cm³/mol. The van der Waals surface area contributed by atoms with Gasteiger partial charge in [-0.15, -0.1) is 5.32 Å². The Bertz CT molecular complexity index is 725. The first kappa shape index (κ1) is 13.2. The van der Waals surface area contributed by atoms with E-state index in [1.54, 1.807) is 0 Å². The number of hydrogen-bond acceptors (Lipinski definition) is 3. The van der Waals surface area contributed by atoms with Crippen LogP contribution >= 0.6 is 0 Å². The minimum absolute atomic E-state index is 0.132. The molecule has 0 aromatic heterocycles. The summed E-state index contributed by atoms with van der Waals surface area (Å²) in [6.07, 6.45) is -0.00100. The maximum Gasteiger partial charge on any atom is 0.437 e. The van der Waals surface area contributed by atoms with Gasteiger partial charge in [-0.2, -0.15) is 0 Å². The van der Waals surface area contributed by atoms with Crippen molar-refractivity contribution in [3.05, 3.63) is 59.2 Å². The monoisotopic (exact) mass is 280 g/mol. The molecule has 0 fully saturated rings. The molecular weight excluding hydrogens is 266 g/mol. The van der Waals surface area contributed by atoms with Gasteiger partial charge in [0.1, 0.15) is 6.61 Å². The Morgan fingerprint density at radius 3 is 2.76 bits per heavy atom. The average Bonchev–Trinajstić information content (AvgIpc) is 2.83. The van der Waals surface area contributed by atoms with Gasteiger partial charge in [0.05, 0.1) is 0 Å². The third-order valence-electron chi connectivity index (χ3n) is 3.51. The molecule has 0 saturated carbocycles. The van der Waals surface area contributed by atoms with Crippen LogP contribution in [0.25, 0.3) is 11.1 Å². The first-order valence-corrected chi connectivity index (χ1v) is 6.56. The Hall–Kier alpha value is -2.82. The molecule has 0 atom stereocenters. The van der Waals surface area contributed by atoms with Crippen molar-refractivity contribution in [1.82, 2.24) is 5.32 Å². The molecule has 3 N–H and O–H groups in total. The quantitative estimate of drug-likeness (QED) is 0.558. The van der Waals surface area contributed by atoms with Crippen LogP contribution in [-0.4, -0.2) is 12.1 Å². The Morgan fingerprint density at radius 1 is 1.19 bits per heavy atom. The van der Waals surface area contributed by atoms with Crippen LogP contribution in [0.3, 0.4) is 0 Å². The minimum Gasteiger partial charge on any atom is -0.443 e. The number of carbonyl (C=O) groups is 1. The molecule has 105 valence electrons. The first-order chi connectivity index (χ1) is 10.1. The molecule has 1 radical (unpaired) electrons. The number of nitrogens with one attached hydrogen (secondary N) is 1. The van der Waals surface area contributed by atoms with Crippen molar-refractivity contribution >= 4 is 12.1 Å². The summed E-state index contributed by atoms with van der Waals surface area (Å²) in [7, 11) is 0. The van der Waals surface area contributed by atoms with Gasteiger partial charge in [0, 0.05) is 0 Å². The molecule has 1 aliphatic rings. The Morgan fingerprint density at radius 2 is 1.95 bits per heavy atom. The van der Waals surface area contributed by atoms with E-state index in [0.29, 0.717) is 0 Å². The summed E-state index contributed by atoms with van der Waals surface area (Å²) >= 11 is 0. The lowest BCUT2D eigenvalue weighted by molar-refractivity contribution is 0.144. The fraction of sp³-hybridized carbons (Fsp3) is 0.125. The summed E-state index contributed by atoms with van der Waals surface area (Å²) in [5.41, 5.74) is 10.8. The van der Waals surface area contributed by atoms with Gasteiger partial charge in [0.25, 0.3) is 0 Å². The minimum atomic E-state index is -0.837. The van der Waals surface area contributed by atoms with Crippen molar-refractivity contribution in [2.75, 3.05) is 0 Å². The molecule has 21 heavy (non-hydrogen) atoms. The van der Waals surface area contributed by atoms with Crippen molar-refractivity contribution in [2.45, 2.75) is 13.0 Å². The van der Waals surface area contributed by atoms with Gasteiger partial charge in [-0.1, -0.05) is 42.5 Å². The number of ether oxygens (including phenoxy) is 1. The molecule has 2 aromatic rings. The fourth-order valence-electron chi connectivity index (χ4n) is 2.63. The van der Waals surface area contributed by atoms with Crippen molar-refractivity contribution in [3.63, 3.8) is 0 Å². The lowest BCUT2D eigenvalue weighted by atomic mass is 10.0. The van der Waals surface area contributed by atoms with Crippen molar-refractivity contribution in [1.29, 1.82) is 5.41 Å². The number of fused-ring (bicyclic) bond motifs is 3. The zero-order chi connectivity index (χ0) is 14.8. The molecule has 1 amide bonds. The molecular formula is C16H14N3O2. The fourth-order valence-corrected chi connectivity index (χ4v) is 2.63. The van der Waals surface area contributed by atoms with E-state index in [9.17, 15) is 4.79 Å². The number of nitrogens with zero attached hydrogens (tertiary/aromatic N) is 1. The maximum absolute atomic E-state index is 11.3. The van der Waals surface area contributed by atoms with Crippen molar-refractivity contribution in [2.24, 2.45) is 5.73 Å². The first-order valence-electron chi connectivity index (χ1n) is 6.56. The number of guanidine groups is 1. The molecule has 5 heteroatoms. The highest BCUT2D eigenvalue weighted by molar-refractivity contribution is 5.90. The van der Waals surface area contributed by atoms with Gasteiger partial charge >= 0.3 is 6.09 Å². The third-order valence-corrected chi connectivity index (χ3v) is 3.51. The summed E-state index contributed by atoms with van der Waals surface area (Å²) < 4.78 is 5.04. The van der Waals surface area contributed by atoms with E-state index in [2.05, 4.69) is 23.5 Å². The van der Waals surface area contributed by atoms with Crippen LogP contribution in [0.4, 0.5) is 4.79 Å². The summed E-state index contributed by atoms with van der Waals surface area (Å²) in [4.78, 5) is 11.3. The van der Waals surface area contributed by atoms with Gasteiger partial charge in [0.2, 0.25) is 5.96 Å². The number of carbonyl (C=O) groups excluding carboxylic acids is 1. The second-order valence-corrected chi connectivity index (χ2v) is 4.83. The molecule has 1 aliphatic carbocycles. The van der Waals surface area contributed by atoms with E-state index < -0.39 is 12.1 Å². The SMILES string of the molecule is N=C(N)[N]C(=O)OCc1cccc2c1Cc1ccccc1-2. The Kier molecular flexibility index (Phi) is 3.31. The van der Waals surface area contributed by atoms with E-state index in [4.69, 9.17) is 15.9 Å². The molecule has 0 saturated heterocycles. The van der Waals surface area contributed by atoms with Crippen LogP contribution in [0, 0.1) is 5.41 Å². The number of rotatable bonds is 2. The van der Waals surface area contributed by atoms with Crippen LogP contribution < -0.4 is 11.1 Å². The topological polar surface area (TPSA) is 90.3 Å². The van der Waals surface area contributed by atoms with E-state index in [-0.39, 0.29) is 6.61 Å². The molecule has 3 rings (SSSR count). The average molecular weight is 280 g/mol. The molecule has 0 heterocycles. The maximum atomic E-state index is 11.3. The summed E-state index contributed by atoms with van der Waals surface area (Å²) in [6.45, 7) is 0.132. The van der Waals surface area contributed by atoms with Gasteiger partial charge in [0.15, 0.2) is 0 Å².